The predicted molar refractivity (Wildman–Crippen MR) is 94.3 cm³/mol. The zero-order valence-electron chi connectivity index (χ0n) is 13.9. The van der Waals surface area contributed by atoms with Gasteiger partial charge in [0.2, 0.25) is 5.91 Å². The number of carbonyl (C=O) groups is 1. The summed E-state index contributed by atoms with van der Waals surface area (Å²) in [6.07, 6.45) is 2.68. The smallest absolute Gasteiger partial charge is 0.230 e. The van der Waals surface area contributed by atoms with Crippen LogP contribution >= 0.6 is 12.4 Å². The molecule has 124 valence electrons. The lowest BCUT2D eigenvalue weighted by Gasteiger charge is -2.35. The Hall–Kier alpha value is -1.06. The number of hydrogen-bond donors (Lipinski definition) is 1. The molecule has 0 spiro atoms. The first-order chi connectivity index (χ1) is 10.1. The molecule has 0 radical (unpaired) electrons. The standard InChI is InChI=1S/C18H28N2O.ClH/c1-4-18(5-2,13-19)17(21)20-12-16(11-14(20)3)15-9-7-6-8-10-15;/h6-10,14,16H,4-5,11-13,19H2,1-3H3;1H. The van der Waals surface area contributed by atoms with Gasteiger partial charge in [0.25, 0.3) is 0 Å². The van der Waals surface area contributed by atoms with E-state index in [4.69, 9.17) is 5.73 Å². The fourth-order valence-electron chi connectivity index (χ4n) is 3.51. The molecule has 1 aliphatic heterocycles. The van der Waals surface area contributed by atoms with Gasteiger partial charge in [-0.1, -0.05) is 44.2 Å². The van der Waals surface area contributed by atoms with E-state index in [0.717, 1.165) is 25.8 Å². The molecule has 2 atom stereocenters. The summed E-state index contributed by atoms with van der Waals surface area (Å²) in [6, 6.07) is 10.8. The molecular weight excluding hydrogens is 296 g/mol. The molecule has 1 saturated heterocycles. The van der Waals surface area contributed by atoms with Crippen molar-refractivity contribution in [1.82, 2.24) is 4.90 Å². The van der Waals surface area contributed by atoms with Crippen LogP contribution in [0.25, 0.3) is 0 Å². The highest BCUT2D eigenvalue weighted by molar-refractivity contribution is 5.85. The number of nitrogens with zero attached hydrogens (tertiary/aromatic N) is 1. The van der Waals surface area contributed by atoms with E-state index in [2.05, 4.69) is 49.9 Å². The summed E-state index contributed by atoms with van der Waals surface area (Å²) >= 11 is 0. The average Bonchev–Trinajstić information content (AvgIpc) is 2.92. The van der Waals surface area contributed by atoms with Crippen LogP contribution in [0.3, 0.4) is 0 Å². The van der Waals surface area contributed by atoms with E-state index in [1.165, 1.54) is 5.56 Å². The SMILES string of the molecule is CCC(CC)(CN)C(=O)N1CC(c2ccccc2)CC1C.Cl. The van der Waals surface area contributed by atoms with Crippen molar-refractivity contribution in [2.45, 2.75) is 52.0 Å². The normalized spacial score (nSPS) is 21.5. The van der Waals surface area contributed by atoms with E-state index < -0.39 is 0 Å². The van der Waals surface area contributed by atoms with Crippen LogP contribution in [-0.2, 0) is 4.79 Å². The Balaban J connectivity index is 0.00000242. The van der Waals surface area contributed by atoms with Crippen LogP contribution in [0.4, 0.5) is 0 Å². The van der Waals surface area contributed by atoms with Gasteiger partial charge in [-0.3, -0.25) is 4.79 Å². The maximum atomic E-state index is 13.0. The van der Waals surface area contributed by atoms with Crippen molar-refractivity contribution in [1.29, 1.82) is 0 Å². The van der Waals surface area contributed by atoms with E-state index >= 15 is 0 Å². The van der Waals surface area contributed by atoms with E-state index in [1.807, 2.05) is 6.07 Å². The molecule has 0 aliphatic carbocycles. The van der Waals surface area contributed by atoms with Gasteiger partial charge in [-0.2, -0.15) is 0 Å². The van der Waals surface area contributed by atoms with Crippen LogP contribution in [0, 0.1) is 5.41 Å². The van der Waals surface area contributed by atoms with Crippen LogP contribution in [0.2, 0.25) is 0 Å². The summed E-state index contributed by atoms with van der Waals surface area (Å²) in [6.45, 7) is 7.57. The third kappa shape index (κ3) is 3.47. The van der Waals surface area contributed by atoms with E-state index in [-0.39, 0.29) is 23.7 Å². The first-order valence-electron chi connectivity index (χ1n) is 8.14. The summed E-state index contributed by atoms with van der Waals surface area (Å²) in [7, 11) is 0. The van der Waals surface area contributed by atoms with Gasteiger partial charge >= 0.3 is 0 Å². The number of hydrogen-bond acceptors (Lipinski definition) is 2. The fourth-order valence-corrected chi connectivity index (χ4v) is 3.51. The molecular formula is C18H29ClN2O. The summed E-state index contributed by atoms with van der Waals surface area (Å²) in [4.78, 5) is 15.1. The highest BCUT2D eigenvalue weighted by Crippen LogP contribution is 2.36. The topological polar surface area (TPSA) is 46.3 Å². The van der Waals surface area contributed by atoms with Crippen molar-refractivity contribution in [2.24, 2.45) is 11.1 Å². The van der Waals surface area contributed by atoms with Crippen molar-refractivity contribution in [3.05, 3.63) is 35.9 Å². The second kappa shape index (κ2) is 7.98. The van der Waals surface area contributed by atoms with Crippen molar-refractivity contribution in [3.8, 4) is 0 Å². The van der Waals surface area contributed by atoms with Crippen LogP contribution < -0.4 is 5.73 Å². The summed E-state index contributed by atoms with van der Waals surface area (Å²) in [5, 5.41) is 0. The molecule has 1 amide bonds. The number of halogens is 1. The maximum Gasteiger partial charge on any atom is 0.230 e. The molecule has 4 heteroatoms. The average molecular weight is 325 g/mol. The molecule has 0 saturated carbocycles. The zero-order chi connectivity index (χ0) is 15.5. The third-order valence-corrected chi connectivity index (χ3v) is 5.30. The Bertz CT molecular complexity index is 465. The second-order valence-corrected chi connectivity index (χ2v) is 6.34. The third-order valence-electron chi connectivity index (χ3n) is 5.30. The van der Waals surface area contributed by atoms with Crippen LogP contribution in [0.1, 0.15) is 51.5 Å². The second-order valence-electron chi connectivity index (χ2n) is 6.34. The highest BCUT2D eigenvalue weighted by Gasteiger charge is 2.42. The molecule has 1 aliphatic rings. The molecule has 22 heavy (non-hydrogen) atoms. The minimum absolute atomic E-state index is 0. The lowest BCUT2D eigenvalue weighted by Crippen LogP contribution is -2.48. The van der Waals surface area contributed by atoms with Crippen molar-refractivity contribution < 1.29 is 4.79 Å². The quantitative estimate of drug-likeness (QED) is 0.899. The van der Waals surface area contributed by atoms with Gasteiger partial charge in [0.05, 0.1) is 5.41 Å². The molecule has 1 aromatic carbocycles. The zero-order valence-corrected chi connectivity index (χ0v) is 14.7. The Morgan fingerprint density at radius 3 is 2.36 bits per heavy atom. The molecule has 2 unspecified atom stereocenters. The number of carbonyl (C=O) groups excluding carboxylic acids is 1. The van der Waals surface area contributed by atoms with E-state index in [1.54, 1.807) is 0 Å². The predicted octanol–water partition coefficient (Wildman–Crippen LogP) is 3.58. The lowest BCUT2D eigenvalue weighted by atomic mass is 9.81. The van der Waals surface area contributed by atoms with Gasteiger partial charge in [0.15, 0.2) is 0 Å². The Kier molecular flexibility index (Phi) is 6.89. The Labute approximate surface area is 140 Å². The van der Waals surface area contributed by atoms with Crippen LogP contribution in [0.15, 0.2) is 30.3 Å². The van der Waals surface area contributed by atoms with E-state index in [0.29, 0.717) is 18.5 Å². The summed E-state index contributed by atoms with van der Waals surface area (Å²) < 4.78 is 0. The molecule has 1 aromatic rings. The van der Waals surface area contributed by atoms with Gasteiger partial charge in [-0.25, -0.2) is 0 Å². The molecule has 1 fully saturated rings. The van der Waals surface area contributed by atoms with Gasteiger partial charge in [-0.05, 0) is 31.7 Å². The first kappa shape index (κ1) is 19.0. The van der Waals surface area contributed by atoms with Crippen molar-refractivity contribution in [3.63, 3.8) is 0 Å². The van der Waals surface area contributed by atoms with E-state index in [9.17, 15) is 4.79 Å². The van der Waals surface area contributed by atoms with Gasteiger partial charge in [0, 0.05) is 25.0 Å². The number of nitrogens with two attached hydrogens (primary N) is 1. The number of likely N-dealkylation sites (tertiary alicyclic amines) is 1. The van der Waals surface area contributed by atoms with Crippen molar-refractivity contribution in [2.75, 3.05) is 13.1 Å². The highest BCUT2D eigenvalue weighted by atomic mass is 35.5. The van der Waals surface area contributed by atoms with Gasteiger partial charge < -0.3 is 10.6 Å². The molecule has 0 bridgehead atoms. The Morgan fingerprint density at radius 1 is 1.27 bits per heavy atom. The molecule has 0 aromatic heterocycles. The fraction of sp³-hybridized carbons (Fsp3) is 0.611. The minimum atomic E-state index is -0.375. The number of benzene rings is 1. The monoisotopic (exact) mass is 324 g/mol. The Morgan fingerprint density at radius 2 is 1.86 bits per heavy atom. The van der Waals surface area contributed by atoms with Crippen molar-refractivity contribution >= 4 is 18.3 Å². The number of amides is 1. The van der Waals surface area contributed by atoms with Gasteiger partial charge in [-0.15, -0.1) is 12.4 Å². The lowest BCUT2D eigenvalue weighted by molar-refractivity contribution is -0.142. The maximum absolute atomic E-state index is 13.0. The molecule has 1 heterocycles. The van der Waals surface area contributed by atoms with Crippen LogP contribution in [-0.4, -0.2) is 29.9 Å². The largest absolute Gasteiger partial charge is 0.339 e. The number of rotatable bonds is 5. The van der Waals surface area contributed by atoms with Crippen LogP contribution in [0.5, 0.6) is 0 Å². The molecule has 2 rings (SSSR count). The first-order valence-corrected chi connectivity index (χ1v) is 8.14. The summed E-state index contributed by atoms with van der Waals surface area (Å²) in [5.41, 5.74) is 6.90. The minimum Gasteiger partial charge on any atom is -0.339 e. The summed E-state index contributed by atoms with van der Waals surface area (Å²) in [5.74, 6) is 0.704. The molecule has 2 N–H and O–H groups in total. The van der Waals surface area contributed by atoms with Gasteiger partial charge in [0.1, 0.15) is 0 Å². The molecule has 3 nitrogen and oxygen atoms in total.